The van der Waals surface area contributed by atoms with Gasteiger partial charge in [-0.25, -0.2) is 9.18 Å². The number of aromatic nitrogens is 3. The van der Waals surface area contributed by atoms with Crippen LogP contribution in [0.4, 0.5) is 23.4 Å². The summed E-state index contributed by atoms with van der Waals surface area (Å²) >= 11 is 1.79. The average Bonchev–Trinajstić information content (AvgIpc) is 3.35. The van der Waals surface area contributed by atoms with Crippen LogP contribution in [0.25, 0.3) is 32.2 Å². The van der Waals surface area contributed by atoms with Gasteiger partial charge in [0.05, 0.1) is 21.3 Å². The summed E-state index contributed by atoms with van der Waals surface area (Å²) in [4.78, 5) is 48.3. The molecule has 1 fully saturated rings. The second-order valence-electron chi connectivity index (χ2n) is 10.8. The molecule has 1 amide bonds. The molecule has 8 nitrogen and oxygen atoms in total. The topological polar surface area (TPSA) is 91.3 Å². The molecule has 2 aromatic heterocycles. The van der Waals surface area contributed by atoms with Gasteiger partial charge >= 0.3 is 16.7 Å². The first-order chi connectivity index (χ1) is 20.3. The largest absolute Gasteiger partial charge is 0.417 e. The van der Waals surface area contributed by atoms with Gasteiger partial charge in [0.2, 0.25) is 5.91 Å². The monoisotopic (exact) mass is 633 g/mol. The number of hydrogen-bond acceptors (Lipinski definition) is 7. The maximum absolute atomic E-state index is 15.0. The standard InChI is InChI=1S/C29H27F4N5O3S2/c1-5-15-12-42-25-21(16-7-8-19(30)24-22(16)34-28(41)43-24)18(29(31,32)33)9-17-23(25)38(15)27(40)35-26(17)36-10-13(3)37(14(4)11-36)20(39)6-2/h6-9,13-15H,2,5,10-12H2,1,3-4H3,(H,34,41)/t13-,14+,15-/m0/s1. The van der Waals surface area contributed by atoms with Crippen LogP contribution in [-0.4, -0.2) is 56.3 Å². The van der Waals surface area contributed by atoms with Crippen LogP contribution in [-0.2, 0) is 11.0 Å². The number of thiazole rings is 1. The van der Waals surface area contributed by atoms with Gasteiger partial charge < -0.3 is 14.8 Å². The molecule has 0 spiro atoms. The molecule has 0 aliphatic carbocycles. The Labute approximate surface area is 251 Å². The second kappa shape index (κ2) is 10.5. The number of amides is 1. The third-order valence-corrected chi connectivity index (χ3v) is 10.3. The fourth-order valence-electron chi connectivity index (χ4n) is 6.37. The van der Waals surface area contributed by atoms with Crippen LogP contribution in [0, 0.1) is 5.82 Å². The first kappa shape index (κ1) is 29.4. The number of hydrogen-bond donors (Lipinski definition) is 1. The number of fused-ring (bicyclic) bond motifs is 1. The number of benzene rings is 2. The number of carbonyl (C=O) groups excluding carboxylic acids is 1. The van der Waals surface area contributed by atoms with Gasteiger partial charge in [-0.3, -0.25) is 14.2 Å². The minimum absolute atomic E-state index is 0.0249. The average molecular weight is 634 g/mol. The Morgan fingerprint density at radius 1 is 1.21 bits per heavy atom. The molecule has 14 heteroatoms. The van der Waals surface area contributed by atoms with E-state index in [0.29, 0.717) is 29.0 Å². The normalized spacial score (nSPS) is 20.7. The molecule has 0 bridgehead atoms. The van der Waals surface area contributed by atoms with Gasteiger partial charge in [0.15, 0.2) is 0 Å². The molecule has 0 unspecified atom stereocenters. The van der Waals surface area contributed by atoms with Crippen LogP contribution in [0.2, 0.25) is 0 Å². The lowest BCUT2D eigenvalue weighted by Crippen LogP contribution is -2.58. The lowest BCUT2D eigenvalue weighted by Gasteiger charge is -2.45. The van der Waals surface area contributed by atoms with Gasteiger partial charge in [-0.15, -0.1) is 11.8 Å². The number of H-pyrrole nitrogens is 1. The van der Waals surface area contributed by atoms with Crippen molar-refractivity contribution in [3.05, 3.63) is 62.4 Å². The first-order valence-corrected chi connectivity index (χ1v) is 15.5. The molecule has 3 atom stereocenters. The highest BCUT2D eigenvalue weighted by Crippen LogP contribution is 2.51. The van der Waals surface area contributed by atoms with E-state index in [9.17, 15) is 31.9 Å². The zero-order valence-corrected chi connectivity index (χ0v) is 25.1. The Balaban J connectivity index is 1.69. The highest BCUT2D eigenvalue weighted by Gasteiger charge is 2.41. The number of thioether (sulfide) groups is 1. The summed E-state index contributed by atoms with van der Waals surface area (Å²) in [7, 11) is 0. The second-order valence-corrected chi connectivity index (χ2v) is 12.9. The Kier molecular flexibility index (Phi) is 7.19. The molecule has 2 aliphatic heterocycles. The Hall–Kier alpha value is -3.65. The van der Waals surface area contributed by atoms with Crippen LogP contribution in [0.5, 0.6) is 0 Å². The Morgan fingerprint density at radius 3 is 2.53 bits per heavy atom. The SMILES string of the molecule is C=CC(=O)N1[C@H](C)CN(c2nc(=O)n3c4c(c(-c5ccc(F)c6sc(=O)[nH]c56)c(C(F)(F)F)cc24)SC[C@@H]3CC)C[C@@H]1C. The van der Waals surface area contributed by atoms with E-state index in [1.54, 1.807) is 9.80 Å². The van der Waals surface area contributed by atoms with Crippen molar-refractivity contribution in [2.45, 2.75) is 56.4 Å². The van der Waals surface area contributed by atoms with E-state index in [-0.39, 0.29) is 74.6 Å². The Bertz CT molecular complexity index is 1920. The van der Waals surface area contributed by atoms with Crippen molar-refractivity contribution in [1.82, 2.24) is 19.4 Å². The van der Waals surface area contributed by atoms with E-state index in [1.807, 2.05) is 20.8 Å². The van der Waals surface area contributed by atoms with Crippen molar-refractivity contribution in [2.75, 3.05) is 23.7 Å². The van der Waals surface area contributed by atoms with E-state index >= 15 is 0 Å². The van der Waals surface area contributed by atoms with Gasteiger partial charge in [-0.1, -0.05) is 24.8 Å². The number of nitrogens with one attached hydrogen (secondary N) is 1. The van der Waals surface area contributed by atoms with E-state index in [1.165, 1.54) is 28.5 Å². The van der Waals surface area contributed by atoms with Crippen molar-refractivity contribution in [2.24, 2.45) is 0 Å². The van der Waals surface area contributed by atoms with Gasteiger partial charge in [-0.05, 0) is 44.5 Å². The number of carbonyl (C=O) groups is 1. The maximum Gasteiger partial charge on any atom is 0.417 e. The summed E-state index contributed by atoms with van der Waals surface area (Å²) < 4.78 is 61.0. The third kappa shape index (κ3) is 4.65. The predicted octanol–water partition coefficient (Wildman–Crippen LogP) is 5.79. The van der Waals surface area contributed by atoms with Crippen LogP contribution < -0.4 is 15.5 Å². The van der Waals surface area contributed by atoms with Gasteiger partial charge in [0.25, 0.3) is 0 Å². The molecule has 2 aliphatic rings. The van der Waals surface area contributed by atoms with E-state index in [2.05, 4.69) is 16.5 Å². The number of alkyl halides is 3. The molecule has 6 rings (SSSR count). The van der Waals surface area contributed by atoms with E-state index in [4.69, 9.17) is 0 Å². The number of nitrogens with zero attached hydrogens (tertiary/aromatic N) is 4. The van der Waals surface area contributed by atoms with Crippen LogP contribution >= 0.6 is 23.1 Å². The highest BCUT2D eigenvalue weighted by molar-refractivity contribution is 7.99. The van der Waals surface area contributed by atoms with E-state index in [0.717, 1.165) is 12.1 Å². The summed E-state index contributed by atoms with van der Waals surface area (Å²) in [5.74, 6) is -0.531. The number of aromatic amines is 1. The lowest BCUT2D eigenvalue weighted by molar-refractivity contribution is -0.137. The van der Waals surface area contributed by atoms with Gasteiger partial charge in [-0.2, -0.15) is 18.2 Å². The summed E-state index contributed by atoms with van der Waals surface area (Å²) in [5.41, 5.74) is -1.46. The summed E-state index contributed by atoms with van der Waals surface area (Å²) in [6, 6.07) is 2.34. The molecule has 1 N–H and O–H groups in total. The zero-order valence-electron chi connectivity index (χ0n) is 23.4. The summed E-state index contributed by atoms with van der Waals surface area (Å²) in [6.45, 7) is 9.60. The quantitative estimate of drug-likeness (QED) is 0.226. The highest BCUT2D eigenvalue weighted by atomic mass is 32.2. The smallest absolute Gasteiger partial charge is 0.352 e. The van der Waals surface area contributed by atoms with Crippen molar-refractivity contribution in [3.8, 4) is 11.1 Å². The molecule has 4 heterocycles. The molecular formula is C29H27F4N5O3S2. The van der Waals surface area contributed by atoms with Crippen molar-refractivity contribution < 1.29 is 22.4 Å². The Morgan fingerprint density at radius 2 is 1.91 bits per heavy atom. The number of halogens is 4. The fraction of sp³-hybridized carbons (Fsp3) is 0.379. The molecule has 1 saturated heterocycles. The van der Waals surface area contributed by atoms with Gasteiger partial charge in [0, 0.05) is 58.4 Å². The van der Waals surface area contributed by atoms with E-state index < -0.39 is 28.1 Å². The van der Waals surface area contributed by atoms with Gasteiger partial charge in [0.1, 0.15) is 11.6 Å². The number of anilines is 1. The summed E-state index contributed by atoms with van der Waals surface area (Å²) in [6.07, 6.45) is -3.07. The van der Waals surface area contributed by atoms with Crippen molar-refractivity contribution in [3.63, 3.8) is 0 Å². The minimum Gasteiger partial charge on any atom is -0.352 e. The fourth-order valence-corrected chi connectivity index (χ4v) is 8.59. The molecule has 2 aromatic carbocycles. The molecular weight excluding hydrogens is 606 g/mol. The van der Waals surface area contributed by atoms with Crippen LogP contribution in [0.15, 0.2) is 45.3 Å². The third-order valence-electron chi connectivity index (χ3n) is 8.15. The molecule has 43 heavy (non-hydrogen) atoms. The lowest BCUT2D eigenvalue weighted by atomic mass is 9.95. The minimum atomic E-state index is -4.84. The maximum atomic E-state index is 15.0. The summed E-state index contributed by atoms with van der Waals surface area (Å²) in [5, 5.41) is 0.163. The van der Waals surface area contributed by atoms with Crippen LogP contribution in [0.1, 0.15) is 38.8 Å². The number of rotatable bonds is 4. The number of piperazine rings is 1. The van der Waals surface area contributed by atoms with Crippen LogP contribution in [0.3, 0.4) is 0 Å². The molecule has 0 saturated carbocycles. The predicted molar refractivity (Wildman–Crippen MR) is 161 cm³/mol. The zero-order chi connectivity index (χ0) is 31.0. The molecule has 0 radical (unpaired) electrons. The first-order valence-electron chi connectivity index (χ1n) is 13.7. The van der Waals surface area contributed by atoms with Crippen molar-refractivity contribution >= 4 is 55.9 Å². The molecule has 226 valence electrons. The molecule has 4 aromatic rings. The van der Waals surface area contributed by atoms with Crippen molar-refractivity contribution in [1.29, 1.82) is 0 Å².